The summed E-state index contributed by atoms with van der Waals surface area (Å²) in [4.78, 5) is 0.227. The highest BCUT2D eigenvalue weighted by atomic mass is 35.5. The highest BCUT2D eigenvalue weighted by Gasteiger charge is 2.36. The summed E-state index contributed by atoms with van der Waals surface area (Å²) in [6, 6.07) is 9.26. The Morgan fingerprint density at radius 1 is 1.04 bits per heavy atom. The van der Waals surface area contributed by atoms with Gasteiger partial charge in [-0.3, -0.25) is 0 Å². The molecule has 0 unspecified atom stereocenters. The van der Waals surface area contributed by atoms with Gasteiger partial charge in [-0.2, -0.15) is 4.31 Å². The fourth-order valence-corrected chi connectivity index (χ4v) is 7.74. The summed E-state index contributed by atoms with van der Waals surface area (Å²) in [7, 11) is -5.63. The van der Waals surface area contributed by atoms with Crippen LogP contribution in [0.2, 0.25) is 4.34 Å². The van der Waals surface area contributed by atoms with Crippen molar-refractivity contribution in [3.8, 4) is 5.75 Å². The Kier molecular flexibility index (Phi) is 5.64. The lowest BCUT2D eigenvalue weighted by atomic mass is 10.2. The molecule has 0 radical (unpaired) electrons. The fraction of sp³-hybridized carbons (Fsp3) is 0.375. The van der Waals surface area contributed by atoms with E-state index in [9.17, 15) is 16.8 Å². The van der Waals surface area contributed by atoms with E-state index < -0.39 is 25.1 Å². The van der Waals surface area contributed by atoms with Gasteiger partial charge in [-0.25, -0.2) is 16.8 Å². The number of sulfone groups is 1. The molecule has 2 heterocycles. The van der Waals surface area contributed by atoms with E-state index in [1.165, 1.54) is 29.6 Å². The lowest BCUT2D eigenvalue weighted by Crippen LogP contribution is -2.42. The van der Waals surface area contributed by atoms with Crippen LogP contribution in [0.4, 0.5) is 0 Å². The topological polar surface area (TPSA) is 80.8 Å². The molecule has 1 aliphatic heterocycles. The van der Waals surface area contributed by atoms with Crippen LogP contribution in [-0.4, -0.2) is 46.6 Å². The first kappa shape index (κ1) is 19.6. The molecule has 1 aliphatic rings. The average Bonchev–Trinajstić information content (AvgIpc) is 3.09. The molecule has 3 rings (SSSR count). The number of benzene rings is 1. The SMILES string of the molecule is COc1ccc(S(=O)(=O)C2CCN(S(=O)(=O)c3ccc(Cl)s3)CC2)cc1. The molecule has 1 saturated heterocycles. The first-order chi connectivity index (χ1) is 12.2. The average molecular weight is 436 g/mol. The molecule has 0 saturated carbocycles. The molecule has 0 bridgehead atoms. The number of hydrogen-bond donors (Lipinski definition) is 0. The van der Waals surface area contributed by atoms with Gasteiger partial charge >= 0.3 is 0 Å². The summed E-state index contributed by atoms with van der Waals surface area (Å²) in [5.41, 5.74) is 0. The van der Waals surface area contributed by atoms with E-state index in [1.807, 2.05) is 0 Å². The minimum absolute atomic E-state index is 0.165. The van der Waals surface area contributed by atoms with Crippen molar-refractivity contribution in [3.05, 3.63) is 40.7 Å². The molecule has 1 aromatic carbocycles. The third-order valence-corrected chi connectivity index (χ3v) is 10.2. The Hall–Kier alpha value is -1.13. The second-order valence-corrected chi connectivity index (χ2v) is 12.0. The van der Waals surface area contributed by atoms with E-state index >= 15 is 0 Å². The van der Waals surface area contributed by atoms with Crippen LogP contribution >= 0.6 is 22.9 Å². The van der Waals surface area contributed by atoms with Crippen molar-refractivity contribution in [2.24, 2.45) is 0 Å². The molecule has 1 fully saturated rings. The van der Waals surface area contributed by atoms with Crippen LogP contribution < -0.4 is 4.74 Å². The highest BCUT2D eigenvalue weighted by Crippen LogP contribution is 2.32. The number of hydrogen-bond acceptors (Lipinski definition) is 6. The monoisotopic (exact) mass is 435 g/mol. The summed E-state index contributed by atoms with van der Waals surface area (Å²) in [5, 5.41) is -0.603. The first-order valence-corrected chi connectivity index (χ1v) is 12.1. The Morgan fingerprint density at radius 2 is 1.65 bits per heavy atom. The maximum atomic E-state index is 12.8. The molecule has 26 heavy (non-hydrogen) atoms. The van der Waals surface area contributed by atoms with E-state index in [2.05, 4.69) is 0 Å². The third kappa shape index (κ3) is 3.77. The smallest absolute Gasteiger partial charge is 0.252 e. The predicted octanol–water partition coefficient (Wildman–Crippen LogP) is 3.04. The normalized spacial score (nSPS) is 17.3. The summed E-state index contributed by atoms with van der Waals surface area (Å²) in [6.07, 6.45) is 0.513. The molecule has 10 heteroatoms. The maximum Gasteiger partial charge on any atom is 0.252 e. The van der Waals surface area contributed by atoms with Gasteiger partial charge in [0, 0.05) is 13.1 Å². The van der Waals surface area contributed by atoms with Crippen molar-refractivity contribution < 1.29 is 21.6 Å². The molecular formula is C16H18ClNO5S3. The van der Waals surface area contributed by atoms with Crippen LogP contribution in [0.25, 0.3) is 0 Å². The molecule has 1 aromatic heterocycles. The number of sulfonamides is 1. The Balaban J connectivity index is 1.73. The summed E-state index contributed by atoms with van der Waals surface area (Å²) >= 11 is 6.83. The molecule has 0 amide bonds. The zero-order valence-electron chi connectivity index (χ0n) is 14.0. The van der Waals surface area contributed by atoms with Gasteiger partial charge in [-0.1, -0.05) is 11.6 Å². The lowest BCUT2D eigenvalue weighted by Gasteiger charge is -2.30. The van der Waals surface area contributed by atoms with E-state index in [-0.39, 0.29) is 35.0 Å². The zero-order chi connectivity index (χ0) is 18.9. The standard InChI is InChI=1S/C16H18ClNO5S3/c1-23-12-2-4-13(5-3-12)25(19,20)14-8-10-18(11-9-14)26(21,22)16-7-6-15(17)24-16/h2-7,14H,8-11H2,1H3. The van der Waals surface area contributed by atoms with Crippen LogP contribution in [0.5, 0.6) is 5.75 Å². The molecule has 0 spiro atoms. The number of piperidine rings is 1. The second kappa shape index (κ2) is 7.47. The number of halogens is 1. The third-order valence-electron chi connectivity index (χ3n) is 4.37. The van der Waals surface area contributed by atoms with Gasteiger partial charge in [0.15, 0.2) is 9.84 Å². The Labute approximate surface area is 162 Å². The summed E-state index contributed by atoms with van der Waals surface area (Å²) in [5.74, 6) is 0.583. The van der Waals surface area contributed by atoms with Crippen molar-refractivity contribution in [1.29, 1.82) is 0 Å². The number of rotatable bonds is 5. The maximum absolute atomic E-state index is 12.8. The Bertz CT molecular complexity index is 975. The molecule has 142 valence electrons. The van der Waals surface area contributed by atoms with Crippen molar-refractivity contribution in [3.63, 3.8) is 0 Å². The van der Waals surface area contributed by atoms with E-state index in [4.69, 9.17) is 16.3 Å². The molecule has 0 N–H and O–H groups in total. The summed E-state index contributed by atoms with van der Waals surface area (Å²) in [6.45, 7) is 0.329. The van der Waals surface area contributed by atoms with Gasteiger partial charge in [0.25, 0.3) is 10.0 Å². The van der Waals surface area contributed by atoms with E-state index in [1.54, 1.807) is 18.2 Å². The van der Waals surface area contributed by atoms with Gasteiger partial charge < -0.3 is 4.74 Å². The van der Waals surface area contributed by atoms with Crippen LogP contribution in [0.3, 0.4) is 0 Å². The van der Waals surface area contributed by atoms with E-state index in [0.717, 1.165) is 11.3 Å². The van der Waals surface area contributed by atoms with Gasteiger partial charge in [0.1, 0.15) is 9.96 Å². The zero-order valence-corrected chi connectivity index (χ0v) is 17.2. The van der Waals surface area contributed by atoms with Crippen molar-refractivity contribution in [1.82, 2.24) is 4.31 Å². The minimum Gasteiger partial charge on any atom is -0.497 e. The molecular weight excluding hydrogens is 418 g/mol. The predicted molar refractivity (Wildman–Crippen MR) is 101 cm³/mol. The van der Waals surface area contributed by atoms with E-state index in [0.29, 0.717) is 10.1 Å². The molecule has 0 aliphatic carbocycles. The molecule has 6 nitrogen and oxygen atoms in total. The van der Waals surface area contributed by atoms with Crippen molar-refractivity contribution in [2.75, 3.05) is 20.2 Å². The highest BCUT2D eigenvalue weighted by molar-refractivity contribution is 7.92. The number of nitrogens with zero attached hydrogens (tertiary/aromatic N) is 1. The van der Waals surface area contributed by atoms with Crippen LogP contribution in [-0.2, 0) is 19.9 Å². The second-order valence-electron chi connectivity index (χ2n) is 5.88. The van der Waals surface area contributed by atoms with Crippen LogP contribution in [0, 0.1) is 0 Å². The van der Waals surface area contributed by atoms with Crippen molar-refractivity contribution in [2.45, 2.75) is 27.2 Å². The number of thiophene rings is 1. The number of methoxy groups -OCH3 is 1. The first-order valence-electron chi connectivity index (χ1n) is 7.88. The van der Waals surface area contributed by atoms with Crippen molar-refractivity contribution >= 4 is 42.8 Å². The summed E-state index contributed by atoms with van der Waals surface area (Å²) < 4.78 is 57.8. The van der Waals surface area contributed by atoms with Crippen LogP contribution in [0.1, 0.15) is 12.8 Å². The minimum atomic E-state index is -3.63. The van der Waals surface area contributed by atoms with Gasteiger partial charge in [-0.15, -0.1) is 11.3 Å². The number of ether oxygens (including phenoxy) is 1. The van der Waals surface area contributed by atoms with Crippen LogP contribution in [0.15, 0.2) is 45.5 Å². The largest absolute Gasteiger partial charge is 0.497 e. The van der Waals surface area contributed by atoms with Gasteiger partial charge in [0.05, 0.1) is 21.6 Å². The fourth-order valence-electron chi connectivity index (χ4n) is 2.90. The lowest BCUT2D eigenvalue weighted by molar-refractivity contribution is 0.346. The molecule has 2 aromatic rings. The molecule has 0 atom stereocenters. The Morgan fingerprint density at radius 3 is 2.15 bits per heavy atom. The van der Waals surface area contributed by atoms with Gasteiger partial charge in [0.2, 0.25) is 0 Å². The quantitative estimate of drug-likeness (QED) is 0.721. The van der Waals surface area contributed by atoms with Gasteiger partial charge in [-0.05, 0) is 49.2 Å².